The van der Waals surface area contributed by atoms with Crippen LogP contribution >= 0.6 is 0 Å². The molecule has 0 N–H and O–H groups in total. The van der Waals surface area contributed by atoms with Gasteiger partial charge in [-0.15, -0.1) is 0 Å². The molecule has 0 aromatic heterocycles. The molecule has 34 heavy (non-hydrogen) atoms. The summed E-state index contributed by atoms with van der Waals surface area (Å²) in [6.45, 7) is 55.3. The third-order valence-corrected chi connectivity index (χ3v) is 117. The van der Waals surface area contributed by atoms with Crippen LogP contribution in [-0.4, -0.2) is 59.1 Å². The summed E-state index contributed by atoms with van der Waals surface area (Å²) in [5.74, 6) is -0.503. The Morgan fingerprint density at radius 1 is 0.441 bits per heavy atom. The molecule has 0 fully saturated rings. The van der Waals surface area contributed by atoms with Gasteiger partial charge in [-0.3, -0.25) is 0 Å². The van der Waals surface area contributed by atoms with Gasteiger partial charge in [0.1, 0.15) is 0 Å². The Hall–Kier alpha value is 1.84. The molecule has 199 valence electrons. The first-order valence-corrected chi connectivity index (χ1v) is 33.1. The van der Waals surface area contributed by atoms with E-state index in [2.05, 4.69) is 160 Å². The van der Waals surface area contributed by atoms with Gasteiger partial charge in [0.2, 0.25) is 0 Å². The van der Waals surface area contributed by atoms with E-state index in [1.807, 2.05) is 0 Å². The standard InChI is InChI=1S/C27H63GeSi6/c1-22(2,3)32(19,23(4,5)6)29-31(34(21,26(13,14)15)27(16,17)18)30(28)33(20,24(7,8)9)25(10,11)12/h1-21H3. The normalized spacial score (nSPS) is 16.7. The van der Waals surface area contributed by atoms with Gasteiger partial charge in [0.25, 0.3) is 0 Å². The van der Waals surface area contributed by atoms with Crippen molar-refractivity contribution in [2.45, 2.75) is 174 Å². The second-order valence-electron chi connectivity index (χ2n) is 17.8. The van der Waals surface area contributed by atoms with Gasteiger partial charge in [-0.05, 0) is 0 Å². The van der Waals surface area contributed by atoms with Crippen molar-refractivity contribution >= 4 is 59.1 Å². The van der Waals surface area contributed by atoms with Crippen LogP contribution in [0.15, 0.2) is 0 Å². The summed E-state index contributed by atoms with van der Waals surface area (Å²) >= 11 is 2.90. The Balaban J connectivity index is 8.16. The second kappa shape index (κ2) is 10.1. The molecule has 0 amide bonds. The van der Waals surface area contributed by atoms with Gasteiger partial charge in [-0.2, -0.15) is 0 Å². The first-order chi connectivity index (χ1) is 14.2. The van der Waals surface area contributed by atoms with Crippen molar-refractivity contribution < 1.29 is 0 Å². The Labute approximate surface area is 232 Å². The van der Waals surface area contributed by atoms with E-state index in [9.17, 15) is 0 Å². The van der Waals surface area contributed by atoms with Gasteiger partial charge in [0.05, 0.1) is 0 Å². The van der Waals surface area contributed by atoms with Gasteiger partial charge < -0.3 is 0 Å². The zero-order valence-electron chi connectivity index (χ0n) is 27.5. The fourth-order valence-electron chi connectivity index (χ4n) is 6.19. The zero-order chi connectivity index (χ0) is 28.4. The summed E-state index contributed by atoms with van der Waals surface area (Å²) in [6.07, 6.45) is 0. The van der Waals surface area contributed by atoms with Crippen LogP contribution < -0.4 is 0 Å². The van der Waals surface area contributed by atoms with Crippen LogP contribution in [0.2, 0.25) is 49.9 Å². The summed E-state index contributed by atoms with van der Waals surface area (Å²) in [5.41, 5.74) is 0. The van der Waals surface area contributed by atoms with Crippen molar-refractivity contribution in [3.05, 3.63) is 0 Å². The van der Waals surface area contributed by atoms with Crippen molar-refractivity contribution in [2.24, 2.45) is 0 Å². The van der Waals surface area contributed by atoms with Gasteiger partial charge in [-0.1, -0.05) is 0 Å². The van der Waals surface area contributed by atoms with Crippen LogP contribution in [0.3, 0.4) is 0 Å². The van der Waals surface area contributed by atoms with Crippen molar-refractivity contribution in [3.63, 3.8) is 0 Å². The van der Waals surface area contributed by atoms with E-state index in [0.29, 0.717) is 30.2 Å². The molecule has 0 aliphatic carbocycles. The molecule has 3 radical (unpaired) electrons. The third kappa shape index (κ3) is 6.18. The number of rotatable bonds is 4. The van der Waals surface area contributed by atoms with Crippen molar-refractivity contribution in [3.8, 4) is 0 Å². The van der Waals surface area contributed by atoms with Gasteiger partial charge in [-0.25, -0.2) is 0 Å². The molecule has 0 unspecified atom stereocenters. The van der Waals surface area contributed by atoms with E-state index in [4.69, 9.17) is 0 Å². The Morgan fingerprint density at radius 3 is 0.853 bits per heavy atom. The molecule has 0 aliphatic heterocycles. The monoisotopic (exact) mass is 629 g/mol. The Kier molecular flexibility index (Phi) is 10.7. The Morgan fingerprint density at radius 2 is 0.676 bits per heavy atom. The SMILES string of the molecule is CC(C)(C)[Si](C)([Si]=[Si]([Si](=[Ge])[Si](C)(C(C)(C)C)C(C)(C)C)[Si](C)(C(C)(C)C)C(C)(C)C)C(C)(C)C. The topological polar surface area (TPSA) is 0 Å². The third-order valence-electron chi connectivity index (χ3n) is 10.6. The van der Waals surface area contributed by atoms with Gasteiger partial charge >= 0.3 is 234 Å². The molecular formula is C27H63GeSi6. The Bertz CT molecular complexity index is 742. The second-order valence-corrected chi connectivity index (χ2v) is 70.2. The molecular weight excluding hydrogens is 565 g/mol. The summed E-state index contributed by atoms with van der Waals surface area (Å²) in [5, 5.41) is 2.65. The maximum atomic E-state index is 2.91. The molecule has 0 spiro atoms. The van der Waals surface area contributed by atoms with Crippen LogP contribution in [0.25, 0.3) is 0 Å². The molecule has 0 heterocycles. The van der Waals surface area contributed by atoms with Crippen molar-refractivity contribution in [1.29, 1.82) is 0 Å². The minimum absolute atomic E-state index is 0.439. The molecule has 0 atom stereocenters. The first-order valence-electron chi connectivity index (χ1n) is 13.5. The maximum absolute atomic E-state index is 2.91. The molecule has 0 nitrogen and oxygen atoms in total. The van der Waals surface area contributed by atoms with Gasteiger partial charge in [0.15, 0.2) is 0 Å². The van der Waals surface area contributed by atoms with E-state index in [1.54, 1.807) is 0 Å². The summed E-state index contributed by atoms with van der Waals surface area (Å²) in [6, 6.07) is 0. The van der Waals surface area contributed by atoms with Crippen molar-refractivity contribution in [1.82, 2.24) is 0 Å². The molecule has 0 aromatic rings. The number of hydrogen-bond acceptors (Lipinski definition) is 0. The predicted molar refractivity (Wildman–Crippen MR) is 176 cm³/mol. The molecule has 7 heteroatoms. The van der Waals surface area contributed by atoms with E-state index in [1.165, 1.54) is 8.13 Å². The van der Waals surface area contributed by atoms with E-state index < -0.39 is 35.6 Å². The molecule has 0 bridgehead atoms. The molecule has 0 aromatic carbocycles. The van der Waals surface area contributed by atoms with Crippen molar-refractivity contribution in [2.75, 3.05) is 0 Å². The number of hydrogen-bond donors (Lipinski definition) is 0. The summed E-state index contributed by atoms with van der Waals surface area (Å²) < 4.78 is 0. The summed E-state index contributed by atoms with van der Waals surface area (Å²) in [7, 11) is -3.57. The fourth-order valence-corrected chi connectivity index (χ4v) is 167. The van der Waals surface area contributed by atoms with Crippen LogP contribution in [0, 0.1) is 0 Å². The quantitative estimate of drug-likeness (QED) is 0.272. The minimum atomic E-state index is -1.65. The van der Waals surface area contributed by atoms with Crippen LogP contribution in [0.1, 0.15) is 125 Å². The van der Waals surface area contributed by atoms with Gasteiger partial charge in [0, 0.05) is 0 Å². The molecule has 0 aliphatic rings. The van der Waals surface area contributed by atoms with E-state index in [0.717, 1.165) is 0 Å². The van der Waals surface area contributed by atoms with Crippen LogP contribution in [0.5, 0.6) is 0 Å². The van der Waals surface area contributed by atoms with Crippen LogP contribution in [0.4, 0.5) is 0 Å². The average molecular weight is 629 g/mol. The molecule has 0 saturated carbocycles. The predicted octanol–water partition coefficient (Wildman–Crippen LogP) is 9.61. The average Bonchev–Trinajstić information content (AvgIpc) is 2.50. The van der Waals surface area contributed by atoms with E-state index in [-0.39, 0.29) is 0 Å². The zero-order valence-corrected chi connectivity index (χ0v) is 35.6. The van der Waals surface area contributed by atoms with E-state index >= 15 is 0 Å². The molecule has 0 rings (SSSR count). The summed E-state index contributed by atoms with van der Waals surface area (Å²) in [4.78, 5) is 0. The first kappa shape index (κ1) is 35.8. The van der Waals surface area contributed by atoms with Crippen LogP contribution in [-0.2, 0) is 0 Å². The fraction of sp³-hybridized carbons (Fsp3) is 1.00. The molecule has 0 saturated heterocycles.